The zero-order valence-electron chi connectivity index (χ0n) is 15.2. The Kier molecular flexibility index (Phi) is 6.65. The number of carbonyl (C=O) groups excluding carboxylic acids is 1. The van der Waals surface area contributed by atoms with Crippen LogP contribution in [0.15, 0.2) is 17.1 Å². The minimum absolute atomic E-state index is 0. The van der Waals surface area contributed by atoms with Gasteiger partial charge in [0, 0.05) is 32.4 Å². The van der Waals surface area contributed by atoms with E-state index in [1.165, 1.54) is 0 Å². The lowest BCUT2D eigenvalue weighted by Crippen LogP contribution is -2.47. The summed E-state index contributed by atoms with van der Waals surface area (Å²) in [5.74, 6) is 0.346. The minimum Gasteiger partial charge on any atom is -0.373 e. The van der Waals surface area contributed by atoms with Crippen molar-refractivity contribution in [2.45, 2.75) is 45.9 Å². The van der Waals surface area contributed by atoms with Crippen molar-refractivity contribution in [1.82, 2.24) is 14.8 Å². The second-order valence-electron chi connectivity index (χ2n) is 7.23. The molecule has 2 saturated heterocycles. The van der Waals surface area contributed by atoms with Crippen molar-refractivity contribution in [2.24, 2.45) is 5.92 Å². The van der Waals surface area contributed by atoms with E-state index in [0.29, 0.717) is 37.7 Å². The monoisotopic (exact) mass is 369 g/mol. The fourth-order valence-electron chi connectivity index (χ4n) is 3.42. The van der Waals surface area contributed by atoms with E-state index >= 15 is 0 Å². The molecule has 7 heteroatoms. The van der Waals surface area contributed by atoms with Crippen molar-refractivity contribution < 1.29 is 9.53 Å². The molecular weight excluding hydrogens is 342 g/mol. The number of nitrogens with one attached hydrogen (secondary N) is 1. The molecule has 0 unspecified atom stereocenters. The van der Waals surface area contributed by atoms with Gasteiger partial charge in [-0.05, 0) is 30.9 Å². The zero-order chi connectivity index (χ0) is 17.3. The standard InChI is InChI=1S/C18H27N3O3.ClH/c1-12(2)4-7-20-8-5-13(3)16(17(20)22)18(23)21-10-14-15(11-21)24-9-6-19-14;/h5,8,12,14-15,19H,4,6-7,9-11H2,1-3H3;1H/t14-,15+;/m0./s1. The topological polar surface area (TPSA) is 63.6 Å². The van der Waals surface area contributed by atoms with Gasteiger partial charge in [-0.1, -0.05) is 13.8 Å². The zero-order valence-corrected chi connectivity index (χ0v) is 16.0. The fraction of sp³-hybridized carbons (Fsp3) is 0.667. The maximum Gasteiger partial charge on any atom is 0.263 e. The van der Waals surface area contributed by atoms with E-state index in [1.807, 2.05) is 13.0 Å². The predicted molar refractivity (Wildman–Crippen MR) is 99.6 cm³/mol. The fourth-order valence-corrected chi connectivity index (χ4v) is 3.42. The van der Waals surface area contributed by atoms with Gasteiger partial charge in [0.1, 0.15) is 5.56 Å². The number of fused-ring (bicyclic) bond motifs is 1. The molecule has 0 aromatic carbocycles. The number of hydrogen-bond acceptors (Lipinski definition) is 4. The molecule has 1 aromatic heterocycles. The van der Waals surface area contributed by atoms with Gasteiger partial charge in [-0.15, -0.1) is 12.4 Å². The number of rotatable bonds is 4. The van der Waals surface area contributed by atoms with E-state index in [0.717, 1.165) is 18.5 Å². The average Bonchev–Trinajstić information content (AvgIpc) is 2.98. The van der Waals surface area contributed by atoms with Crippen molar-refractivity contribution >= 4 is 18.3 Å². The summed E-state index contributed by atoms with van der Waals surface area (Å²) in [4.78, 5) is 27.5. The summed E-state index contributed by atoms with van der Waals surface area (Å²) >= 11 is 0. The third-order valence-corrected chi connectivity index (χ3v) is 4.93. The van der Waals surface area contributed by atoms with Crippen LogP contribution in [-0.2, 0) is 11.3 Å². The summed E-state index contributed by atoms with van der Waals surface area (Å²) in [6, 6.07) is 2.04. The summed E-state index contributed by atoms with van der Waals surface area (Å²) in [6.45, 7) is 9.38. The Labute approximate surface area is 154 Å². The second-order valence-corrected chi connectivity index (χ2v) is 7.23. The summed E-state index contributed by atoms with van der Waals surface area (Å²) in [6.07, 6.45) is 2.75. The normalized spacial score (nSPS) is 22.6. The van der Waals surface area contributed by atoms with Gasteiger partial charge in [-0.2, -0.15) is 0 Å². The molecule has 3 heterocycles. The van der Waals surface area contributed by atoms with Gasteiger partial charge in [0.05, 0.1) is 18.8 Å². The van der Waals surface area contributed by atoms with Crippen LogP contribution in [-0.4, -0.2) is 53.8 Å². The Morgan fingerprint density at radius 2 is 2.16 bits per heavy atom. The molecule has 2 atom stereocenters. The highest BCUT2D eigenvalue weighted by Gasteiger charge is 2.38. The summed E-state index contributed by atoms with van der Waals surface area (Å²) in [5.41, 5.74) is 0.874. The van der Waals surface area contributed by atoms with Crippen molar-refractivity contribution in [3.63, 3.8) is 0 Å². The van der Waals surface area contributed by atoms with Crippen molar-refractivity contribution in [3.8, 4) is 0 Å². The third kappa shape index (κ3) is 4.25. The lowest BCUT2D eigenvalue weighted by atomic mass is 10.1. The van der Waals surface area contributed by atoms with Gasteiger partial charge >= 0.3 is 0 Å². The Balaban J connectivity index is 0.00000225. The van der Waals surface area contributed by atoms with Crippen molar-refractivity contribution in [2.75, 3.05) is 26.2 Å². The first-order valence-electron chi connectivity index (χ1n) is 8.81. The van der Waals surface area contributed by atoms with Crippen LogP contribution in [0.2, 0.25) is 0 Å². The molecule has 0 radical (unpaired) electrons. The SMILES string of the molecule is Cc1ccn(CCC(C)C)c(=O)c1C(=O)N1C[C@@H]2NCCO[C@@H]2C1.Cl. The highest BCUT2D eigenvalue weighted by atomic mass is 35.5. The van der Waals surface area contributed by atoms with E-state index in [9.17, 15) is 9.59 Å². The molecule has 1 aromatic rings. The number of pyridine rings is 1. The number of aryl methyl sites for hydroxylation is 2. The average molecular weight is 370 g/mol. The van der Waals surface area contributed by atoms with Gasteiger partial charge in [0.15, 0.2) is 0 Å². The molecule has 1 amide bonds. The second kappa shape index (κ2) is 8.34. The van der Waals surface area contributed by atoms with E-state index in [4.69, 9.17) is 4.74 Å². The maximum absolute atomic E-state index is 13.0. The highest BCUT2D eigenvalue weighted by Crippen LogP contribution is 2.19. The Morgan fingerprint density at radius 3 is 2.84 bits per heavy atom. The van der Waals surface area contributed by atoms with Gasteiger partial charge < -0.3 is 19.5 Å². The molecule has 140 valence electrons. The van der Waals surface area contributed by atoms with Gasteiger partial charge in [0.2, 0.25) is 0 Å². The molecule has 1 N–H and O–H groups in total. The molecule has 25 heavy (non-hydrogen) atoms. The molecule has 0 bridgehead atoms. The number of hydrogen-bond donors (Lipinski definition) is 1. The van der Waals surface area contributed by atoms with Crippen LogP contribution >= 0.6 is 12.4 Å². The first kappa shape index (κ1) is 19.9. The molecule has 2 aliphatic heterocycles. The molecular formula is C18H28ClN3O3. The van der Waals surface area contributed by atoms with Crippen molar-refractivity contribution in [1.29, 1.82) is 0 Å². The van der Waals surface area contributed by atoms with Crippen LogP contribution < -0.4 is 10.9 Å². The number of amides is 1. The molecule has 0 spiro atoms. The first-order chi connectivity index (χ1) is 11.5. The van der Waals surface area contributed by atoms with Gasteiger partial charge in [-0.3, -0.25) is 9.59 Å². The Hall–Kier alpha value is -1.37. The molecule has 0 aliphatic carbocycles. The molecule has 3 rings (SSSR count). The van der Waals surface area contributed by atoms with Crippen LogP contribution in [0.5, 0.6) is 0 Å². The first-order valence-corrected chi connectivity index (χ1v) is 8.81. The van der Waals surface area contributed by atoms with E-state index < -0.39 is 0 Å². The predicted octanol–water partition coefficient (Wildman–Crippen LogP) is 1.44. The Morgan fingerprint density at radius 1 is 1.40 bits per heavy atom. The largest absolute Gasteiger partial charge is 0.373 e. The molecule has 2 aliphatic rings. The summed E-state index contributed by atoms with van der Waals surface area (Å²) in [7, 11) is 0. The molecule has 0 saturated carbocycles. The van der Waals surface area contributed by atoms with Crippen LogP contribution in [0, 0.1) is 12.8 Å². The maximum atomic E-state index is 13.0. The summed E-state index contributed by atoms with van der Waals surface area (Å²) < 4.78 is 7.39. The number of ether oxygens (including phenoxy) is 1. The van der Waals surface area contributed by atoms with E-state index in [1.54, 1.807) is 15.7 Å². The highest BCUT2D eigenvalue weighted by molar-refractivity contribution is 5.95. The summed E-state index contributed by atoms with van der Waals surface area (Å²) in [5, 5.41) is 3.39. The lowest BCUT2D eigenvalue weighted by molar-refractivity contribution is 0.0176. The van der Waals surface area contributed by atoms with Crippen molar-refractivity contribution in [3.05, 3.63) is 33.7 Å². The lowest BCUT2D eigenvalue weighted by Gasteiger charge is -2.25. The number of halogens is 1. The van der Waals surface area contributed by atoms with Crippen LogP contribution in [0.3, 0.4) is 0 Å². The number of aromatic nitrogens is 1. The van der Waals surface area contributed by atoms with Gasteiger partial charge in [0.25, 0.3) is 11.5 Å². The number of likely N-dealkylation sites (tertiary alicyclic amines) is 1. The number of nitrogens with zero attached hydrogens (tertiary/aromatic N) is 2. The third-order valence-electron chi connectivity index (χ3n) is 4.93. The van der Waals surface area contributed by atoms with Crippen LogP contribution in [0.1, 0.15) is 36.2 Å². The quantitative estimate of drug-likeness (QED) is 0.872. The smallest absolute Gasteiger partial charge is 0.263 e. The van der Waals surface area contributed by atoms with Gasteiger partial charge in [-0.25, -0.2) is 0 Å². The van der Waals surface area contributed by atoms with Crippen LogP contribution in [0.25, 0.3) is 0 Å². The molecule has 2 fully saturated rings. The molecule has 6 nitrogen and oxygen atoms in total. The van der Waals surface area contributed by atoms with E-state index in [2.05, 4.69) is 19.2 Å². The Bertz CT molecular complexity index is 660. The minimum atomic E-state index is -0.176. The van der Waals surface area contributed by atoms with Crippen LogP contribution in [0.4, 0.5) is 0 Å². The number of carbonyl (C=O) groups is 1. The van der Waals surface area contributed by atoms with E-state index in [-0.39, 0.29) is 36.0 Å². The number of morpholine rings is 1.